The van der Waals surface area contributed by atoms with Crippen LogP contribution in [0.25, 0.3) is 11.0 Å². The first-order chi connectivity index (χ1) is 19.4. The number of hydrogen-bond acceptors (Lipinski definition) is 6. The van der Waals surface area contributed by atoms with Crippen LogP contribution in [-0.4, -0.2) is 56.3 Å². The molecule has 2 aliphatic rings. The van der Waals surface area contributed by atoms with Crippen molar-refractivity contribution < 1.29 is 23.8 Å². The first-order valence-corrected chi connectivity index (χ1v) is 13.9. The number of hydrogen-bond donors (Lipinski definition) is 1. The Labute approximate surface area is 236 Å². The van der Waals surface area contributed by atoms with Crippen molar-refractivity contribution in [2.75, 3.05) is 19.7 Å². The normalized spacial score (nSPS) is 18.1. The fraction of sp³-hybridized carbons (Fsp3) is 0.367. The van der Waals surface area contributed by atoms with Gasteiger partial charge in [-0.15, -0.1) is 0 Å². The van der Waals surface area contributed by atoms with E-state index in [2.05, 4.69) is 20.5 Å². The van der Waals surface area contributed by atoms with E-state index in [1.165, 1.54) is 17.8 Å². The quantitative estimate of drug-likeness (QED) is 0.280. The number of rotatable bonds is 9. The summed E-state index contributed by atoms with van der Waals surface area (Å²) >= 11 is 5.79. The topological polar surface area (TPSA) is 89.7 Å². The summed E-state index contributed by atoms with van der Waals surface area (Å²) in [5.41, 5.74) is 3.33. The number of likely N-dealkylation sites (tertiary alicyclic amines) is 1. The zero-order valence-electron chi connectivity index (χ0n) is 21.9. The average molecular weight is 565 g/mol. The number of aromatic carboxylic acids is 1. The molecule has 2 fully saturated rings. The van der Waals surface area contributed by atoms with E-state index in [0.29, 0.717) is 24.8 Å². The molecule has 2 aromatic heterocycles. The van der Waals surface area contributed by atoms with E-state index in [4.69, 9.17) is 26.1 Å². The second-order valence-corrected chi connectivity index (χ2v) is 10.9. The Morgan fingerprint density at radius 1 is 1.15 bits per heavy atom. The Bertz CT molecular complexity index is 1530. The molecule has 6 rings (SSSR count). The minimum absolute atomic E-state index is 0.0335. The zero-order chi connectivity index (χ0) is 27.6. The maximum absolute atomic E-state index is 14.1. The van der Waals surface area contributed by atoms with E-state index < -0.39 is 11.8 Å². The van der Waals surface area contributed by atoms with Gasteiger partial charge in [0.2, 0.25) is 0 Å². The maximum Gasteiger partial charge on any atom is 0.335 e. The summed E-state index contributed by atoms with van der Waals surface area (Å²) in [6, 6.07) is 14.3. The summed E-state index contributed by atoms with van der Waals surface area (Å²) in [7, 11) is 0. The van der Waals surface area contributed by atoms with Crippen LogP contribution in [0.4, 0.5) is 4.39 Å². The van der Waals surface area contributed by atoms with E-state index in [0.717, 1.165) is 55.8 Å². The molecule has 1 N–H and O–H groups in total. The van der Waals surface area contributed by atoms with Gasteiger partial charge < -0.3 is 19.1 Å². The summed E-state index contributed by atoms with van der Waals surface area (Å²) in [4.78, 5) is 22.9. The lowest BCUT2D eigenvalue weighted by atomic mass is 9.89. The van der Waals surface area contributed by atoms with Crippen molar-refractivity contribution in [3.05, 3.63) is 88.2 Å². The van der Waals surface area contributed by atoms with Crippen molar-refractivity contribution in [2.24, 2.45) is 0 Å². The largest absolute Gasteiger partial charge is 0.487 e. The SMILES string of the molecule is O=C(O)c1ccc2nc(CN3CCC(c4cccc(OCc5ncc(Cl)cc5F)c4)CC3)n(CC3CCO3)c2c1. The van der Waals surface area contributed by atoms with Gasteiger partial charge in [0.15, 0.2) is 0 Å². The highest BCUT2D eigenvalue weighted by atomic mass is 35.5. The van der Waals surface area contributed by atoms with Gasteiger partial charge in [0.25, 0.3) is 0 Å². The number of benzene rings is 2. The number of halogens is 2. The van der Waals surface area contributed by atoms with Crippen molar-refractivity contribution >= 4 is 28.6 Å². The standard InChI is InChI=1S/C30H30ClFN4O4/c31-22-14-25(32)27(33-15-22)18-40-23-3-1-2-20(12-23)19-6-9-35(10-7-19)17-29-34-26-5-4-21(30(37)38)13-28(26)36(29)16-24-8-11-39-24/h1-5,12-15,19,24H,6-11,16-18H2,(H,37,38). The fourth-order valence-corrected chi connectivity index (χ4v) is 5.59. The molecule has 0 aliphatic carbocycles. The Hall–Kier alpha value is -3.53. The second kappa shape index (κ2) is 11.5. The first-order valence-electron chi connectivity index (χ1n) is 13.5. The molecule has 1 atom stereocenters. The minimum Gasteiger partial charge on any atom is -0.487 e. The molecule has 40 heavy (non-hydrogen) atoms. The predicted molar refractivity (Wildman–Crippen MR) is 148 cm³/mol. The van der Waals surface area contributed by atoms with Crippen LogP contribution >= 0.6 is 11.6 Å². The number of carbonyl (C=O) groups is 1. The van der Waals surface area contributed by atoms with E-state index in [9.17, 15) is 14.3 Å². The van der Waals surface area contributed by atoms with Gasteiger partial charge in [0.1, 0.15) is 29.7 Å². The molecular formula is C30H30ClFN4O4. The number of nitrogens with zero attached hydrogens (tertiary/aromatic N) is 4. The van der Waals surface area contributed by atoms with Gasteiger partial charge in [-0.05, 0) is 80.2 Å². The number of piperidine rings is 1. The van der Waals surface area contributed by atoms with Crippen molar-refractivity contribution in [3.8, 4) is 5.75 Å². The number of imidazole rings is 1. The average Bonchev–Trinajstić information content (AvgIpc) is 3.26. The second-order valence-electron chi connectivity index (χ2n) is 10.4. The number of aromatic nitrogens is 3. The van der Waals surface area contributed by atoms with E-state index in [1.807, 2.05) is 18.2 Å². The lowest BCUT2D eigenvalue weighted by Gasteiger charge is -2.33. The number of carboxylic acids is 1. The Balaban J connectivity index is 1.11. The molecule has 0 saturated carbocycles. The molecule has 0 spiro atoms. The summed E-state index contributed by atoms with van der Waals surface area (Å²) in [5, 5.41) is 9.74. The number of ether oxygens (including phenoxy) is 2. The Kier molecular flexibility index (Phi) is 7.69. The highest BCUT2D eigenvalue weighted by molar-refractivity contribution is 6.30. The summed E-state index contributed by atoms with van der Waals surface area (Å²) in [6.45, 7) is 4.00. The van der Waals surface area contributed by atoms with Crippen LogP contribution in [0.1, 0.15) is 52.6 Å². The predicted octanol–water partition coefficient (Wildman–Crippen LogP) is 5.67. The van der Waals surface area contributed by atoms with Gasteiger partial charge in [0.05, 0.1) is 40.8 Å². The van der Waals surface area contributed by atoms with Crippen LogP contribution in [0, 0.1) is 5.82 Å². The first kappa shape index (κ1) is 26.7. The van der Waals surface area contributed by atoms with E-state index in [1.54, 1.807) is 18.2 Å². The van der Waals surface area contributed by atoms with Crippen LogP contribution in [0.2, 0.25) is 5.02 Å². The third kappa shape index (κ3) is 5.82. The molecule has 0 radical (unpaired) electrons. The monoisotopic (exact) mass is 564 g/mol. The molecule has 1 unspecified atom stereocenters. The van der Waals surface area contributed by atoms with Crippen LogP contribution in [0.15, 0.2) is 54.7 Å². The van der Waals surface area contributed by atoms with Gasteiger partial charge in [-0.2, -0.15) is 0 Å². The highest BCUT2D eigenvalue weighted by Crippen LogP contribution is 2.31. The molecule has 4 aromatic rings. The van der Waals surface area contributed by atoms with Crippen LogP contribution in [0.5, 0.6) is 5.75 Å². The van der Waals surface area contributed by atoms with E-state index >= 15 is 0 Å². The molecule has 8 nitrogen and oxygen atoms in total. The minimum atomic E-state index is -0.943. The summed E-state index contributed by atoms with van der Waals surface area (Å²) < 4.78 is 27.7. The van der Waals surface area contributed by atoms with Crippen molar-refractivity contribution in [2.45, 2.75) is 51.0 Å². The lowest BCUT2D eigenvalue weighted by Crippen LogP contribution is -2.35. The van der Waals surface area contributed by atoms with Crippen molar-refractivity contribution in [1.29, 1.82) is 0 Å². The molecule has 10 heteroatoms. The van der Waals surface area contributed by atoms with Crippen molar-refractivity contribution in [3.63, 3.8) is 0 Å². The highest BCUT2D eigenvalue weighted by Gasteiger charge is 2.26. The molecule has 4 heterocycles. The van der Waals surface area contributed by atoms with E-state index in [-0.39, 0.29) is 29.0 Å². The number of carboxylic acid groups (broad SMARTS) is 1. The summed E-state index contributed by atoms with van der Waals surface area (Å²) in [6.07, 6.45) is 4.53. The van der Waals surface area contributed by atoms with Crippen LogP contribution in [0.3, 0.4) is 0 Å². The smallest absolute Gasteiger partial charge is 0.335 e. The molecular weight excluding hydrogens is 535 g/mol. The molecule has 0 bridgehead atoms. The lowest BCUT2D eigenvalue weighted by molar-refractivity contribution is -0.0592. The zero-order valence-corrected chi connectivity index (χ0v) is 22.7. The molecule has 2 aliphatic heterocycles. The third-order valence-electron chi connectivity index (χ3n) is 7.80. The third-order valence-corrected chi connectivity index (χ3v) is 8.00. The van der Waals surface area contributed by atoms with Gasteiger partial charge in [-0.25, -0.2) is 14.2 Å². The van der Waals surface area contributed by atoms with Crippen molar-refractivity contribution in [1.82, 2.24) is 19.4 Å². The molecule has 2 saturated heterocycles. The summed E-state index contributed by atoms with van der Waals surface area (Å²) in [5.74, 6) is 0.590. The van der Waals surface area contributed by atoms with Crippen LogP contribution < -0.4 is 4.74 Å². The Morgan fingerprint density at radius 3 is 2.70 bits per heavy atom. The van der Waals surface area contributed by atoms with Gasteiger partial charge in [0, 0.05) is 12.8 Å². The number of fused-ring (bicyclic) bond motifs is 1. The fourth-order valence-electron chi connectivity index (χ4n) is 5.45. The Morgan fingerprint density at radius 2 is 1.98 bits per heavy atom. The van der Waals surface area contributed by atoms with Crippen LogP contribution in [-0.2, 0) is 24.4 Å². The molecule has 208 valence electrons. The maximum atomic E-state index is 14.1. The molecule has 2 aromatic carbocycles. The molecule has 0 amide bonds. The van der Waals surface area contributed by atoms with Gasteiger partial charge in [-0.3, -0.25) is 9.88 Å². The van der Waals surface area contributed by atoms with Gasteiger partial charge >= 0.3 is 5.97 Å². The van der Waals surface area contributed by atoms with Gasteiger partial charge in [-0.1, -0.05) is 23.7 Å². The number of pyridine rings is 1.